The lowest BCUT2D eigenvalue weighted by atomic mass is 9.83. The molecule has 3 heteroatoms. The van der Waals surface area contributed by atoms with Crippen molar-refractivity contribution < 1.29 is 9.90 Å². The molecule has 1 heterocycles. The van der Waals surface area contributed by atoms with Gasteiger partial charge in [-0.15, -0.1) is 0 Å². The first-order valence-corrected chi connectivity index (χ1v) is 6.96. The van der Waals surface area contributed by atoms with Gasteiger partial charge in [-0.3, -0.25) is 4.79 Å². The van der Waals surface area contributed by atoms with Gasteiger partial charge in [0.2, 0.25) is 0 Å². The quantitative estimate of drug-likeness (QED) is 0.844. The Hall–Kier alpha value is -1.35. The van der Waals surface area contributed by atoms with E-state index in [0.717, 1.165) is 11.1 Å². The Bertz CT molecular complexity index is 454. The number of piperidine rings is 1. The minimum Gasteiger partial charge on any atom is -0.393 e. The first-order chi connectivity index (χ1) is 8.89. The van der Waals surface area contributed by atoms with Gasteiger partial charge >= 0.3 is 0 Å². The highest BCUT2D eigenvalue weighted by atomic mass is 16.3. The second-order valence-corrected chi connectivity index (χ2v) is 6.32. The van der Waals surface area contributed by atoms with Crippen LogP contribution < -0.4 is 0 Å². The summed E-state index contributed by atoms with van der Waals surface area (Å²) in [5, 5.41) is 9.53. The molecule has 0 atom stereocenters. The summed E-state index contributed by atoms with van der Waals surface area (Å²) in [5.41, 5.74) is 1.85. The Labute approximate surface area is 115 Å². The number of nitrogens with zero attached hydrogens (tertiary/aromatic N) is 1. The van der Waals surface area contributed by atoms with Crippen LogP contribution in [-0.2, 0) is 5.41 Å². The third-order valence-corrected chi connectivity index (χ3v) is 3.72. The molecule has 0 aromatic heterocycles. The van der Waals surface area contributed by atoms with E-state index in [1.54, 1.807) is 0 Å². The number of aliphatic hydroxyl groups is 1. The highest BCUT2D eigenvalue weighted by molar-refractivity contribution is 5.96. The Balaban J connectivity index is 2.24. The van der Waals surface area contributed by atoms with E-state index < -0.39 is 0 Å². The lowest BCUT2D eigenvalue weighted by Gasteiger charge is -2.31. The van der Waals surface area contributed by atoms with E-state index in [1.165, 1.54) is 0 Å². The fourth-order valence-corrected chi connectivity index (χ4v) is 2.56. The Morgan fingerprint density at radius 1 is 1.21 bits per heavy atom. The molecule has 0 radical (unpaired) electrons. The predicted octanol–water partition coefficient (Wildman–Crippen LogP) is 2.58. The van der Waals surface area contributed by atoms with Crippen molar-refractivity contribution in [2.24, 2.45) is 0 Å². The molecule has 0 unspecified atom stereocenters. The molecular weight excluding hydrogens is 238 g/mol. The van der Waals surface area contributed by atoms with Gasteiger partial charge in [-0.25, -0.2) is 0 Å². The van der Waals surface area contributed by atoms with Crippen LogP contribution in [0.15, 0.2) is 24.3 Å². The molecule has 19 heavy (non-hydrogen) atoms. The molecule has 1 aliphatic rings. The average Bonchev–Trinajstić information content (AvgIpc) is 2.38. The van der Waals surface area contributed by atoms with Gasteiger partial charge in [0.25, 0.3) is 5.91 Å². The average molecular weight is 261 g/mol. The first kappa shape index (κ1) is 14.1. The van der Waals surface area contributed by atoms with Crippen molar-refractivity contribution in [1.29, 1.82) is 0 Å². The third kappa shape index (κ3) is 3.16. The third-order valence-electron chi connectivity index (χ3n) is 3.72. The number of hydrogen-bond donors (Lipinski definition) is 1. The zero-order valence-corrected chi connectivity index (χ0v) is 12.0. The van der Waals surface area contributed by atoms with E-state index in [2.05, 4.69) is 20.8 Å². The first-order valence-electron chi connectivity index (χ1n) is 6.96. The number of rotatable bonds is 1. The molecule has 1 aromatic carbocycles. The van der Waals surface area contributed by atoms with Gasteiger partial charge in [-0.1, -0.05) is 39.0 Å². The Morgan fingerprint density at radius 3 is 2.37 bits per heavy atom. The fourth-order valence-electron chi connectivity index (χ4n) is 2.56. The van der Waals surface area contributed by atoms with Crippen molar-refractivity contribution in [3.05, 3.63) is 35.4 Å². The largest absolute Gasteiger partial charge is 0.393 e. The summed E-state index contributed by atoms with van der Waals surface area (Å²) in [6.45, 7) is 7.67. The van der Waals surface area contributed by atoms with Crippen molar-refractivity contribution in [1.82, 2.24) is 4.90 Å². The lowest BCUT2D eigenvalue weighted by Crippen LogP contribution is -2.40. The number of carbonyl (C=O) groups is 1. The molecule has 1 fully saturated rings. The van der Waals surface area contributed by atoms with Gasteiger partial charge in [-0.2, -0.15) is 0 Å². The summed E-state index contributed by atoms with van der Waals surface area (Å²) in [6, 6.07) is 7.85. The Morgan fingerprint density at radius 2 is 1.79 bits per heavy atom. The molecule has 2 rings (SSSR count). The van der Waals surface area contributed by atoms with Gasteiger partial charge in [-0.05, 0) is 29.9 Å². The van der Waals surface area contributed by atoms with Crippen LogP contribution in [0.5, 0.6) is 0 Å². The molecule has 1 N–H and O–H groups in total. The topological polar surface area (TPSA) is 40.5 Å². The molecule has 1 saturated heterocycles. The van der Waals surface area contributed by atoms with Crippen LogP contribution in [0.4, 0.5) is 0 Å². The van der Waals surface area contributed by atoms with Gasteiger partial charge < -0.3 is 10.0 Å². The van der Waals surface area contributed by atoms with Crippen molar-refractivity contribution in [3.63, 3.8) is 0 Å². The minimum absolute atomic E-state index is 0.0401. The van der Waals surface area contributed by atoms with E-state index in [1.807, 2.05) is 29.2 Å². The van der Waals surface area contributed by atoms with E-state index in [9.17, 15) is 9.90 Å². The standard InChI is InChI=1S/C16H23NO2/c1-16(2,3)14-7-5-4-6-13(14)15(19)17-10-8-12(18)9-11-17/h4-7,12,18H,8-11H2,1-3H3. The maximum atomic E-state index is 12.6. The molecular formula is C16H23NO2. The van der Waals surface area contributed by atoms with E-state index in [0.29, 0.717) is 25.9 Å². The van der Waals surface area contributed by atoms with Gasteiger partial charge in [0.15, 0.2) is 0 Å². The summed E-state index contributed by atoms with van der Waals surface area (Å²) >= 11 is 0. The van der Waals surface area contributed by atoms with Gasteiger partial charge in [0, 0.05) is 18.7 Å². The molecule has 0 spiro atoms. The van der Waals surface area contributed by atoms with E-state index in [4.69, 9.17) is 0 Å². The highest BCUT2D eigenvalue weighted by Crippen LogP contribution is 2.27. The summed E-state index contributed by atoms with van der Waals surface area (Å²) in [7, 11) is 0. The number of aliphatic hydroxyl groups excluding tert-OH is 1. The number of amides is 1. The molecule has 0 bridgehead atoms. The monoisotopic (exact) mass is 261 g/mol. The van der Waals surface area contributed by atoms with Crippen LogP contribution in [0, 0.1) is 0 Å². The summed E-state index contributed by atoms with van der Waals surface area (Å²) in [4.78, 5) is 14.5. The summed E-state index contributed by atoms with van der Waals surface area (Å²) in [6.07, 6.45) is 1.12. The summed E-state index contributed by atoms with van der Waals surface area (Å²) in [5.74, 6) is 0.0948. The number of carbonyl (C=O) groups excluding carboxylic acids is 1. The van der Waals surface area contributed by atoms with Crippen LogP contribution in [0.3, 0.4) is 0 Å². The molecule has 0 aliphatic carbocycles. The second-order valence-electron chi connectivity index (χ2n) is 6.32. The Kier molecular flexibility index (Phi) is 3.95. The van der Waals surface area contributed by atoms with Crippen LogP contribution in [-0.4, -0.2) is 35.1 Å². The van der Waals surface area contributed by atoms with Crippen LogP contribution in [0.2, 0.25) is 0 Å². The van der Waals surface area contributed by atoms with Crippen molar-refractivity contribution in [2.45, 2.75) is 45.1 Å². The number of likely N-dealkylation sites (tertiary alicyclic amines) is 1. The number of hydrogen-bond acceptors (Lipinski definition) is 2. The van der Waals surface area contributed by atoms with E-state index >= 15 is 0 Å². The van der Waals surface area contributed by atoms with Gasteiger partial charge in [0.1, 0.15) is 0 Å². The maximum Gasteiger partial charge on any atom is 0.254 e. The summed E-state index contributed by atoms with van der Waals surface area (Å²) < 4.78 is 0. The molecule has 0 saturated carbocycles. The fraction of sp³-hybridized carbons (Fsp3) is 0.562. The van der Waals surface area contributed by atoms with Gasteiger partial charge in [0.05, 0.1) is 6.10 Å². The van der Waals surface area contributed by atoms with Crippen molar-refractivity contribution in [3.8, 4) is 0 Å². The maximum absolute atomic E-state index is 12.6. The zero-order valence-electron chi connectivity index (χ0n) is 12.0. The normalized spacial score (nSPS) is 17.6. The second kappa shape index (κ2) is 5.33. The smallest absolute Gasteiger partial charge is 0.254 e. The van der Waals surface area contributed by atoms with E-state index in [-0.39, 0.29) is 17.4 Å². The van der Waals surface area contributed by atoms with Crippen molar-refractivity contribution in [2.75, 3.05) is 13.1 Å². The van der Waals surface area contributed by atoms with Crippen LogP contribution in [0.1, 0.15) is 49.5 Å². The highest BCUT2D eigenvalue weighted by Gasteiger charge is 2.26. The molecule has 3 nitrogen and oxygen atoms in total. The zero-order chi connectivity index (χ0) is 14.0. The van der Waals surface area contributed by atoms with Crippen molar-refractivity contribution >= 4 is 5.91 Å². The molecule has 1 aromatic rings. The molecule has 1 amide bonds. The molecule has 104 valence electrons. The lowest BCUT2D eigenvalue weighted by molar-refractivity contribution is 0.0544. The predicted molar refractivity (Wildman–Crippen MR) is 76.3 cm³/mol. The minimum atomic E-state index is -0.248. The van der Waals surface area contributed by atoms with Crippen LogP contribution in [0.25, 0.3) is 0 Å². The number of benzene rings is 1. The molecule has 1 aliphatic heterocycles. The van der Waals surface area contributed by atoms with Crippen LogP contribution >= 0.6 is 0 Å². The SMILES string of the molecule is CC(C)(C)c1ccccc1C(=O)N1CCC(O)CC1.